The second-order valence-electron chi connectivity index (χ2n) is 16.6. The molecule has 0 unspecified atom stereocenters. The molecule has 7 heteroatoms. The minimum Gasteiger partial charge on any atom is -0.309 e. The lowest BCUT2D eigenvalue weighted by Gasteiger charge is -2.24. The fourth-order valence-electron chi connectivity index (χ4n) is 10.5. The Bertz CT molecular complexity index is 3870. The molecule has 0 aliphatic carbocycles. The molecule has 5 heterocycles. The van der Waals surface area contributed by atoms with E-state index in [1.807, 2.05) is 0 Å². The largest absolute Gasteiger partial charge is 0.309 e. The van der Waals surface area contributed by atoms with Crippen molar-refractivity contribution >= 4 is 99.1 Å². The lowest BCUT2D eigenvalue weighted by atomic mass is 10.1. The van der Waals surface area contributed by atoms with E-state index in [0.717, 1.165) is 62.0 Å². The molecule has 0 saturated carbocycles. The number of nitrogens with zero attached hydrogens (tertiary/aromatic N) is 6. The van der Waals surface area contributed by atoms with Crippen LogP contribution in [0.2, 0.25) is 0 Å². The maximum absolute atomic E-state index is 5.46. The smallest absolute Gasteiger partial charge is 0.212 e. The predicted octanol–water partition coefficient (Wildman–Crippen LogP) is 13.5. The molecule has 4 aromatic heterocycles. The van der Waals surface area contributed by atoms with Crippen molar-refractivity contribution in [1.29, 1.82) is 0 Å². The van der Waals surface area contributed by atoms with Crippen LogP contribution in [-0.2, 0) is 0 Å². The summed E-state index contributed by atoms with van der Waals surface area (Å²) in [5.74, 6) is 1.44. The van der Waals surface area contributed by atoms with Gasteiger partial charge in [0.15, 0.2) is 6.17 Å². The van der Waals surface area contributed by atoms with Crippen molar-refractivity contribution in [3.8, 4) is 11.4 Å². The van der Waals surface area contributed by atoms with Crippen LogP contribution in [0.25, 0.3) is 98.6 Å². The van der Waals surface area contributed by atoms with Gasteiger partial charge in [0.1, 0.15) is 0 Å². The second-order valence-corrected chi connectivity index (χ2v) is 16.6. The van der Waals surface area contributed by atoms with Gasteiger partial charge in [-0.3, -0.25) is 14.5 Å². The van der Waals surface area contributed by atoms with Gasteiger partial charge in [-0.1, -0.05) is 146 Å². The first kappa shape index (κ1) is 35.0. The quantitative estimate of drug-likeness (QED) is 0.190. The van der Waals surface area contributed by atoms with Crippen LogP contribution in [0.3, 0.4) is 0 Å². The van der Waals surface area contributed by atoms with Crippen molar-refractivity contribution in [3.63, 3.8) is 0 Å². The zero-order valence-corrected chi connectivity index (χ0v) is 34.5. The predicted molar refractivity (Wildman–Crippen MR) is 266 cm³/mol. The van der Waals surface area contributed by atoms with E-state index in [1.165, 1.54) is 54.1 Å². The Morgan fingerprint density at radius 3 is 1.19 bits per heavy atom. The van der Waals surface area contributed by atoms with E-state index in [0.29, 0.717) is 0 Å². The van der Waals surface area contributed by atoms with Gasteiger partial charge in [-0.2, -0.15) is 0 Å². The first-order valence-electron chi connectivity index (χ1n) is 21.8. The molecular weight excluding hydrogens is 783 g/mol. The highest BCUT2D eigenvalue weighted by Crippen LogP contribution is 2.42. The summed E-state index contributed by atoms with van der Waals surface area (Å²) in [5.41, 5.74) is 12.3. The summed E-state index contributed by atoms with van der Waals surface area (Å²) in [6, 6.07) is 76.0. The molecule has 1 N–H and O–H groups in total. The SMILES string of the molecule is c1ccc(-n2c3ccccc3c3ccc4c(c5ccccc5n4-c4ccc(C5N=C(n6c7ccccc7c7ccccc76)NC(n6c7ccccc7c7ccccc76)=N5)cc4)c32)cc1. The molecule has 1 aliphatic rings. The van der Waals surface area contributed by atoms with Crippen molar-refractivity contribution in [2.24, 2.45) is 9.98 Å². The number of benzene rings is 9. The minimum absolute atomic E-state index is 0.528. The molecule has 0 radical (unpaired) electrons. The summed E-state index contributed by atoms with van der Waals surface area (Å²) in [6.07, 6.45) is -0.528. The number of aliphatic imine (C=N–C) groups is 2. The normalized spacial score (nSPS) is 13.6. The van der Waals surface area contributed by atoms with Gasteiger partial charge >= 0.3 is 0 Å². The third-order valence-corrected chi connectivity index (χ3v) is 13.2. The second kappa shape index (κ2) is 13.4. The average Bonchev–Trinajstić information content (AvgIpc) is 4.09. The average molecular weight is 820 g/mol. The van der Waals surface area contributed by atoms with Crippen LogP contribution < -0.4 is 5.32 Å². The van der Waals surface area contributed by atoms with Crippen LogP contribution in [-0.4, -0.2) is 30.2 Å². The topological polar surface area (TPSA) is 56.5 Å². The molecule has 13 aromatic rings. The molecule has 9 aromatic carbocycles. The minimum atomic E-state index is -0.528. The molecule has 14 rings (SSSR count). The van der Waals surface area contributed by atoms with Crippen LogP contribution in [0.15, 0.2) is 222 Å². The molecule has 0 atom stereocenters. The molecule has 0 saturated heterocycles. The van der Waals surface area contributed by atoms with Gasteiger partial charge in [-0.25, -0.2) is 9.98 Å². The Morgan fingerprint density at radius 1 is 0.297 bits per heavy atom. The first-order valence-corrected chi connectivity index (χ1v) is 21.8. The zero-order chi connectivity index (χ0) is 41.9. The molecule has 1 aliphatic heterocycles. The van der Waals surface area contributed by atoms with Crippen molar-refractivity contribution in [2.45, 2.75) is 6.17 Å². The molecule has 300 valence electrons. The van der Waals surface area contributed by atoms with E-state index >= 15 is 0 Å². The lowest BCUT2D eigenvalue weighted by molar-refractivity contribution is 0.734. The summed E-state index contributed by atoms with van der Waals surface area (Å²) in [5, 5.41) is 13.4. The van der Waals surface area contributed by atoms with Crippen molar-refractivity contribution < 1.29 is 0 Å². The molecule has 0 amide bonds. The van der Waals surface area contributed by atoms with Crippen LogP contribution in [0, 0.1) is 0 Å². The lowest BCUT2D eigenvalue weighted by Crippen LogP contribution is -2.42. The number of rotatable bonds is 3. The van der Waals surface area contributed by atoms with Crippen LogP contribution in [0.1, 0.15) is 11.7 Å². The van der Waals surface area contributed by atoms with Crippen LogP contribution >= 0.6 is 0 Å². The summed E-state index contributed by atoms with van der Waals surface area (Å²) < 4.78 is 9.34. The summed E-state index contributed by atoms with van der Waals surface area (Å²) in [4.78, 5) is 10.9. The Labute approximate surface area is 366 Å². The zero-order valence-electron chi connectivity index (χ0n) is 34.5. The van der Waals surface area contributed by atoms with Crippen molar-refractivity contribution in [2.75, 3.05) is 0 Å². The van der Waals surface area contributed by atoms with Crippen LogP contribution in [0.5, 0.6) is 0 Å². The molecule has 64 heavy (non-hydrogen) atoms. The maximum Gasteiger partial charge on any atom is 0.212 e. The summed E-state index contributed by atoms with van der Waals surface area (Å²) in [7, 11) is 0. The van der Waals surface area contributed by atoms with E-state index in [4.69, 9.17) is 9.98 Å². The van der Waals surface area contributed by atoms with Gasteiger partial charge in [0.2, 0.25) is 11.9 Å². The Hall–Kier alpha value is -8.68. The number of aromatic nitrogens is 4. The number of nitrogens with one attached hydrogen (secondary N) is 1. The fraction of sp³-hybridized carbons (Fsp3) is 0.0175. The third kappa shape index (κ3) is 4.92. The fourth-order valence-corrected chi connectivity index (χ4v) is 10.5. The molecular formula is C57H37N7. The van der Waals surface area contributed by atoms with Gasteiger partial charge < -0.3 is 9.13 Å². The van der Waals surface area contributed by atoms with E-state index in [2.05, 4.69) is 236 Å². The maximum atomic E-state index is 5.46. The Kier molecular flexibility index (Phi) is 7.33. The van der Waals surface area contributed by atoms with Gasteiger partial charge in [0.25, 0.3) is 0 Å². The number of hydrogen-bond acceptors (Lipinski definition) is 3. The van der Waals surface area contributed by atoms with Gasteiger partial charge in [0, 0.05) is 54.5 Å². The number of para-hydroxylation sites is 7. The molecule has 7 nitrogen and oxygen atoms in total. The Balaban J connectivity index is 0.974. The Morgan fingerprint density at radius 2 is 0.688 bits per heavy atom. The monoisotopic (exact) mass is 819 g/mol. The van der Waals surface area contributed by atoms with Gasteiger partial charge in [-0.15, -0.1) is 0 Å². The molecule has 0 bridgehead atoms. The highest BCUT2D eigenvalue weighted by Gasteiger charge is 2.27. The van der Waals surface area contributed by atoms with Gasteiger partial charge in [-0.05, 0) is 72.3 Å². The molecule has 0 spiro atoms. The van der Waals surface area contributed by atoms with E-state index in [-0.39, 0.29) is 0 Å². The number of fused-ring (bicyclic) bond motifs is 13. The standard InChI is InChI=1S/C57H37N7/c1-2-16-37(17-3-1)62-46-24-10-8-22-43(46)44-34-35-52-53(54(44)62)45-23-9-15-29-51(45)61(52)38-32-30-36(31-33-38)55-58-56(63-47-25-11-4-18-39(47)40-19-5-12-26-48(40)63)60-57(59-55)64-49-27-13-6-20-41(49)42-21-7-14-28-50(42)64/h1-35,55H,(H,58,59,60). The summed E-state index contributed by atoms with van der Waals surface area (Å²) >= 11 is 0. The third-order valence-electron chi connectivity index (χ3n) is 13.2. The summed E-state index contributed by atoms with van der Waals surface area (Å²) in [6.45, 7) is 0. The number of hydrogen-bond donors (Lipinski definition) is 1. The van der Waals surface area contributed by atoms with Crippen molar-refractivity contribution in [3.05, 3.63) is 218 Å². The molecule has 0 fully saturated rings. The van der Waals surface area contributed by atoms with Crippen molar-refractivity contribution in [1.82, 2.24) is 23.6 Å². The highest BCUT2D eigenvalue weighted by atomic mass is 15.4. The van der Waals surface area contributed by atoms with E-state index in [9.17, 15) is 0 Å². The first-order chi connectivity index (χ1) is 31.8. The van der Waals surface area contributed by atoms with E-state index in [1.54, 1.807) is 0 Å². The van der Waals surface area contributed by atoms with Crippen LogP contribution in [0.4, 0.5) is 0 Å². The highest BCUT2D eigenvalue weighted by molar-refractivity contribution is 6.26. The van der Waals surface area contributed by atoms with Gasteiger partial charge in [0.05, 0.1) is 44.1 Å². The van der Waals surface area contributed by atoms with E-state index < -0.39 is 6.17 Å².